The van der Waals surface area contributed by atoms with E-state index >= 15 is 0 Å². The fraction of sp³-hybridized carbons (Fsp3) is 0.583. The first-order valence-corrected chi connectivity index (χ1v) is 17.4. The zero-order chi connectivity index (χ0) is 33.0. The number of phosphoric acid groups is 2. The molecule has 21 nitrogen and oxygen atoms in total. The van der Waals surface area contributed by atoms with Gasteiger partial charge in [-0.3, -0.25) is 27.5 Å². The quantitative estimate of drug-likeness (QED) is 0.144. The zero-order valence-corrected chi connectivity index (χ0v) is 26.1. The minimum atomic E-state index is -4.99. The molecule has 7 N–H and O–H groups in total. The molecule has 252 valence electrons. The highest BCUT2D eigenvalue weighted by atomic mass is 31.2. The van der Waals surface area contributed by atoms with Crippen LogP contribution in [0.5, 0.6) is 0 Å². The summed E-state index contributed by atoms with van der Waals surface area (Å²) in [6.45, 7) is -0.310. The maximum atomic E-state index is 13.6. The molecule has 0 amide bonds. The van der Waals surface area contributed by atoms with Crippen molar-refractivity contribution in [1.82, 2.24) is 39.0 Å². The number of nitrogens with one attached hydrogen (secondary N) is 1. The number of aryl methyl sites for hydroxylation is 1. The lowest BCUT2D eigenvalue weighted by Crippen LogP contribution is -2.38. The van der Waals surface area contributed by atoms with Crippen LogP contribution < -0.4 is 11.3 Å². The van der Waals surface area contributed by atoms with E-state index in [0.29, 0.717) is 5.65 Å². The third-order valence-corrected chi connectivity index (χ3v) is 11.4. The van der Waals surface area contributed by atoms with E-state index in [0.717, 1.165) is 0 Å². The number of hydrogen-bond donors (Lipinski definition) is 6. The number of imidazole rings is 2. The molecule has 4 aromatic rings. The first-order valence-electron chi connectivity index (χ1n) is 14.4. The van der Waals surface area contributed by atoms with Gasteiger partial charge in [-0.05, 0) is 19.3 Å². The van der Waals surface area contributed by atoms with E-state index in [4.69, 9.17) is 28.6 Å². The number of nitrogens with zero attached hydrogens (tertiary/aromatic N) is 7. The molecule has 8 rings (SSSR count). The van der Waals surface area contributed by atoms with Crippen LogP contribution >= 0.6 is 15.6 Å². The van der Waals surface area contributed by atoms with Crippen molar-refractivity contribution in [3.63, 3.8) is 0 Å². The topological polar surface area (TPSA) is 294 Å². The molecule has 0 aromatic carbocycles. The minimum Gasteiger partial charge on any atom is -0.396 e. The lowest BCUT2D eigenvalue weighted by Gasteiger charge is -2.30. The molecule has 3 unspecified atom stereocenters. The molecule has 2 bridgehead atoms. The van der Waals surface area contributed by atoms with Gasteiger partial charge in [0.2, 0.25) is 0 Å². The Morgan fingerprint density at radius 3 is 2.60 bits per heavy atom. The number of anilines is 1. The van der Waals surface area contributed by atoms with Gasteiger partial charge in [-0.1, -0.05) is 0 Å². The van der Waals surface area contributed by atoms with Crippen molar-refractivity contribution < 1.29 is 52.0 Å². The highest BCUT2D eigenvalue weighted by Gasteiger charge is 2.74. The van der Waals surface area contributed by atoms with Crippen LogP contribution in [0.1, 0.15) is 24.5 Å². The Morgan fingerprint density at radius 1 is 1.06 bits per heavy atom. The van der Waals surface area contributed by atoms with Crippen LogP contribution in [0.2, 0.25) is 0 Å². The fourth-order valence-electron chi connectivity index (χ4n) is 7.23. The molecule has 1 spiro atoms. The standard InChI is InChI=1S/C24H29N9O12P2/c1-9-30-21-14(22(36)31-9)29-8-33(21)23-17-10(3-34)12(43-23)4-41-46(37,38)45-18-16(35)15(11-2-24(11,18)5-42-47(39,40)44-17)32-7-28-13-19(25)26-6-27-20(13)32/h6-8,10-12,15-18,23,34-35H,2-5H2,1H3,(H,37,38)(H,39,40)(H2,25,26,27)(H,30,31,36)/t10-,11-,12-,15-,16+,17-,18+,23-,24?/m1/s1. The third kappa shape index (κ3) is 4.88. The lowest BCUT2D eigenvalue weighted by atomic mass is 9.99. The molecule has 0 radical (unpaired) electrons. The molecular weight excluding hydrogens is 668 g/mol. The van der Waals surface area contributed by atoms with Crippen molar-refractivity contribution in [3.05, 3.63) is 35.2 Å². The molecular formula is C24H29N9O12P2. The predicted molar refractivity (Wildman–Crippen MR) is 154 cm³/mol. The number of nitrogen functional groups attached to an aromatic ring is 1. The number of aromatic nitrogens is 8. The van der Waals surface area contributed by atoms with Gasteiger partial charge in [0, 0.05) is 11.3 Å². The first kappa shape index (κ1) is 31.1. The average molecular weight is 697 g/mol. The van der Waals surface area contributed by atoms with Crippen molar-refractivity contribution in [2.45, 2.75) is 50.0 Å². The Morgan fingerprint density at radius 2 is 1.81 bits per heavy atom. The smallest absolute Gasteiger partial charge is 0.396 e. The van der Waals surface area contributed by atoms with Gasteiger partial charge in [0.25, 0.3) is 5.56 Å². The highest BCUT2D eigenvalue weighted by molar-refractivity contribution is 7.47. The normalized spacial score (nSPS) is 40.4. The maximum absolute atomic E-state index is 13.6. The molecule has 2 saturated carbocycles. The number of nitrogens with two attached hydrogens (primary N) is 1. The molecule has 2 saturated heterocycles. The summed E-state index contributed by atoms with van der Waals surface area (Å²) < 4.78 is 58.0. The number of hydrogen-bond acceptors (Lipinski definition) is 16. The molecule has 6 heterocycles. The van der Waals surface area contributed by atoms with E-state index in [2.05, 4.69) is 29.9 Å². The number of aliphatic hydroxyl groups excluding tert-OH is 2. The van der Waals surface area contributed by atoms with E-state index in [1.807, 2.05) is 0 Å². The Labute approximate surface area is 262 Å². The summed E-state index contributed by atoms with van der Waals surface area (Å²) in [5.41, 5.74) is 4.74. The molecule has 47 heavy (non-hydrogen) atoms. The monoisotopic (exact) mass is 697 g/mol. The van der Waals surface area contributed by atoms with Gasteiger partial charge >= 0.3 is 15.6 Å². The van der Waals surface area contributed by atoms with Crippen molar-refractivity contribution in [1.29, 1.82) is 0 Å². The van der Waals surface area contributed by atoms with Crippen LogP contribution in [-0.2, 0) is 32.0 Å². The van der Waals surface area contributed by atoms with Gasteiger partial charge in [0.1, 0.15) is 36.0 Å². The van der Waals surface area contributed by atoms with Crippen molar-refractivity contribution in [2.75, 3.05) is 25.6 Å². The zero-order valence-electron chi connectivity index (χ0n) is 24.3. The van der Waals surface area contributed by atoms with E-state index in [9.17, 15) is 33.9 Å². The minimum absolute atomic E-state index is 0.0524. The number of aromatic amines is 1. The van der Waals surface area contributed by atoms with Gasteiger partial charge in [-0.15, -0.1) is 0 Å². The molecule has 4 aromatic heterocycles. The van der Waals surface area contributed by atoms with Crippen LogP contribution in [0.25, 0.3) is 22.3 Å². The van der Waals surface area contributed by atoms with E-state index in [1.54, 1.807) is 11.5 Å². The van der Waals surface area contributed by atoms with E-state index in [-0.39, 0.29) is 34.7 Å². The van der Waals surface area contributed by atoms with Crippen LogP contribution in [0, 0.1) is 24.2 Å². The number of phosphoric ester groups is 2. The number of H-pyrrole nitrogens is 1. The van der Waals surface area contributed by atoms with Crippen LogP contribution in [0.15, 0.2) is 23.8 Å². The number of fused-ring (bicyclic) bond motifs is 4. The molecule has 4 fully saturated rings. The van der Waals surface area contributed by atoms with Crippen molar-refractivity contribution in [3.8, 4) is 0 Å². The lowest BCUT2D eigenvalue weighted by molar-refractivity contribution is -0.0662. The summed E-state index contributed by atoms with van der Waals surface area (Å²) in [6.07, 6.45) is -2.70. The van der Waals surface area contributed by atoms with Gasteiger partial charge in [-0.2, -0.15) is 0 Å². The summed E-state index contributed by atoms with van der Waals surface area (Å²) in [5.74, 6) is -1.24. The predicted octanol–water partition coefficient (Wildman–Crippen LogP) is -0.704. The van der Waals surface area contributed by atoms with Gasteiger partial charge < -0.3 is 40.0 Å². The number of rotatable bonds is 3. The molecule has 2 aliphatic heterocycles. The van der Waals surface area contributed by atoms with Gasteiger partial charge in [0.05, 0.1) is 44.6 Å². The van der Waals surface area contributed by atoms with Gasteiger partial charge in [0.15, 0.2) is 28.9 Å². The van der Waals surface area contributed by atoms with Crippen molar-refractivity contribution >= 4 is 43.8 Å². The average Bonchev–Trinajstić information content (AvgIpc) is 3.30. The Balaban J connectivity index is 1.15. The fourth-order valence-corrected chi connectivity index (χ4v) is 9.28. The number of aliphatic hydroxyl groups is 2. The van der Waals surface area contributed by atoms with Crippen LogP contribution in [0.4, 0.5) is 5.82 Å². The largest absolute Gasteiger partial charge is 0.472 e. The Kier molecular flexibility index (Phi) is 7.04. The molecule has 11 atom stereocenters. The van der Waals surface area contributed by atoms with Gasteiger partial charge in [-0.25, -0.2) is 34.0 Å². The second-order valence-corrected chi connectivity index (χ2v) is 14.9. The SMILES string of the molecule is Cc1nc2c(ncn2[C@@H]2O[C@@H]3COP(=O)(O)O[C@H]4[C@@H](O)[C@H](n5cnc6c(N)ncnc65)[C@H]5CC54COP(=O)(O)O[C@@H]2[C@@H]3CO)c(=O)[nH]1. The van der Waals surface area contributed by atoms with Crippen molar-refractivity contribution in [2.24, 2.45) is 17.3 Å². The summed E-state index contributed by atoms with van der Waals surface area (Å²) in [4.78, 5) is 57.7. The highest BCUT2D eigenvalue weighted by Crippen LogP contribution is 2.72. The Bertz CT molecular complexity index is 2060. The molecule has 23 heteroatoms. The summed E-state index contributed by atoms with van der Waals surface area (Å²) >= 11 is 0. The third-order valence-electron chi connectivity index (χ3n) is 9.46. The second kappa shape index (κ2) is 10.6. The summed E-state index contributed by atoms with van der Waals surface area (Å²) in [6, 6.07) is -0.814. The molecule has 2 aliphatic carbocycles. The van der Waals surface area contributed by atoms with E-state index < -0.39 is 95.0 Å². The van der Waals surface area contributed by atoms with Crippen LogP contribution in [-0.4, -0.2) is 103 Å². The second-order valence-electron chi connectivity index (χ2n) is 12.1. The van der Waals surface area contributed by atoms with E-state index in [1.165, 1.54) is 23.5 Å². The first-order chi connectivity index (χ1) is 22.3. The van der Waals surface area contributed by atoms with Crippen LogP contribution in [0.3, 0.4) is 0 Å². The Hall–Kier alpha value is -3.20. The summed E-state index contributed by atoms with van der Waals surface area (Å²) in [5, 5.41) is 21.8. The maximum Gasteiger partial charge on any atom is 0.472 e. The summed E-state index contributed by atoms with van der Waals surface area (Å²) in [7, 11) is -9.95. The molecule has 4 aliphatic rings. The number of ether oxygens (including phenoxy) is 1.